The number of hydrogen-bond acceptors (Lipinski definition) is 6. The van der Waals surface area contributed by atoms with E-state index in [1.54, 1.807) is 41.8 Å². The van der Waals surface area contributed by atoms with E-state index in [1.165, 1.54) is 6.21 Å². The van der Waals surface area contributed by atoms with Gasteiger partial charge >= 0.3 is 0 Å². The van der Waals surface area contributed by atoms with Gasteiger partial charge in [0.1, 0.15) is 17.6 Å². The highest BCUT2D eigenvalue weighted by Gasteiger charge is 2.20. The molecule has 1 aromatic carbocycles. The Morgan fingerprint density at radius 2 is 2.04 bits per heavy atom. The highest BCUT2D eigenvalue weighted by molar-refractivity contribution is 5.95. The largest absolute Gasteiger partial charge is 0.359 e. The van der Waals surface area contributed by atoms with Crippen LogP contribution in [-0.4, -0.2) is 26.7 Å². The van der Waals surface area contributed by atoms with Crippen LogP contribution in [0.1, 0.15) is 21.9 Å². The average Bonchev–Trinajstić information content (AvgIpc) is 3.21. The number of rotatable bonds is 4. The molecule has 134 valence electrons. The minimum Gasteiger partial charge on any atom is -0.359 e. The smallest absolute Gasteiger partial charge is 0.290 e. The van der Waals surface area contributed by atoms with E-state index in [-0.39, 0.29) is 10.6 Å². The van der Waals surface area contributed by atoms with E-state index in [0.717, 1.165) is 0 Å². The number of nitrogens with zero attached hydrogens (tertiary/aromatic N) is 5. The van der Waals surface area contributed by atoms with E-state index in [0.29, 0.717) is 28.3 Å². The molecule has 3 aromatic heterocycles. The van der Waals surface area contributed by atoms with Gasteiger partial charge in [0, 0.05) is 16.9 Å². The summed E-state index contributed by atoms with van der Waals surface area (Å²) in [6, 6.07) is 14.5. The molecule has 0 saturated heterocycles. The summed E-state index contributed by atoms with van der Waals surface area (Å²) in [6.45, 7) is 1.74. The molecule has 0 fully saturated rings. The lowest BCUT2D eigenvalue weighted by Crippen LogP contribution is -2.29. The SMILES string of the molecule is Cc1nc2ccccn2c1C(=O)N/N=C/c1c(-c2ccccc2)no[n+]1[O-]. The lowest BCUT2D eigenvalue weighted by Gasteiger charge is -2.01. The predicted molar refractivity (Wildman–Crippen MR) is 95.9 cm³/mol. The number of fused-ring (bicyclic) bond motifs is 1. The fourth-order valence-electron chi connectivity index (χ4n) is 2.75. The third-order valence-corrected chi connectivity index (χ3v) is 3.97. The zero-order valence-corrected chi connectivity index (χ0v) is 14.2. The van der Waals surface area contributed by atoms with Gasteiger partial charge in [-0.3, -0.25) is 13.8 Å². The number of benzene rings is 1. The van der Waals surface area contributed by atoms with Crippen LogP contribution >= 0.6 is 0 Å². The second-order valence-electron chi connectivity index (χ2n) is 5.70. The summed E-state index contributed by atoms with van der Waals surface area (Å²) in [5.74, 6) is -0.447. The van der Waals surface area contributed by atoms with Crippen molar-refractivity contribution in [3.63, 3.8) is 0 Å². The standard InChI is InChI=1S/C18H14N6O3/c1-12-17(23-10-6-5-9-15(23)20-12)18(25)21-19-11-14-16(22-27-24(14)26)13-7-3-2-4-8-13/h2-11H,1H3,(H,21,25)/b19-11+. The first-order valence-electron chi connectivity index (χ1n) is 8.07. The van der Waals surface area contributed by atoms with Crippen molar-refractivity contribution in [2.45, 2.75) is 6.92 Å². The van der Waals surface area contributed by atoms with Crippen LogP contribution in [-0.2, 0) is 0 Å². The minimum atomic E-state index is -0.447. The van der Waals surface area contributed by atoms with Gasteiger partial charge in [0.05, 0.1) is 5.69 Å². The van der Waals surface area contributed by atoms with Crippen molar-refractivity contribution < 1.29 is 14.3 Å². The zero-order chi connectivity index (χ0) is 18.8. The fourth-order valence-corrected chi connectivity index (χ4v) is 2.75. The molecule has 0 spiro atoms. The minimum absolute atomic E-state index is 0.0800. The van der Waals surface area contributed by atoms with Crippen molar-refractivity contribution in [1.82, 2.24) is 20.0 Å². The van der Waals surface area contributed by atoms with Gasteiger partial charge in [-0.15, -0.1) is 0 Å². The van der Waals surface area contributed by atoms with Gasteiger partial charge < -0.3 is 5.21 Å². The van der Waals surface area contributed by atoms with Crippen LogP contribution < -0.4 is 10.3 Å². The summed E-state index contributed by atoms with van der Waals surface area (Å²) in [6.07, 6.45) is 2.94. The third-order valence-electron chi connectivity index (χ3n) is 3.97. The number of imidazole rings is 1. The fraction of sp³-hybridized carbons (Fsp3) is 0.0556. The first kappa shape index (κ1) is 16.5. The highest BCUT2D eigenvalue weighted by Crippen LogP contribution is 2.17. The van der Waals surface area contributed by atoms with E-state index in [9.17, 15) is 10.0 Å². The second kappa shape index (κ2) is 6.71. The van der Waals surface area contributed by atoms with E-state index >= 15 is 0 Å². The first-order chi connectivity index (χ1) is 13.1. The van der Waals surface area contributed by atoms with Gasteiger partial charge in [-0.25, -0.2) is 10.4 Å². The second-order valence-corrected chi connectivity index (χ2v) is 5.70. The Morgan fingerprint density at radius 1 is 1.26 bits per heavy atom. The number of carbonyl (C=O) groups excluding carboxylic acids is 1. The number of carbonyl (C=O) groups is 1. The molecule has 4 rings (SSSR count). The Balaban J connectivity index is 1.59. The van der Waals surface area contributed by atoms with E-state index in [2.05, 4.69) is 25.3 Å². The number of aromatic nitrogens is 4. The topological polar surface area (TPSA) is 112 Å². The molecule has 0 aliphatic rings. The van der Waals surface area contributed by atoms with E-state index in [1.807, 2.05) is 24.3 Å². The van der Waals surface area contributed by atoms with Crippen LogP contribution in [0.25, 0.3) is 16.9 Å². The molecule has 4 aromatic rings. The maximum absolute atomic E-state index is 12.5. The molecule has 0 bridgehead atoms. The molecule has 1 amide bonds. The molecular weight excluding hydrogens is 348 g/mol. The summed E-state index contributed by atoms with van der Waals surface area (Å²) < 4.78 is 6.32. The van der Waals surface area contributed by atoms with E-state index in [4.69, 9.17) is 0 Å². The van der Waals surface area contributed by atoms with Crippen molar-refractivity contribution in [2.24, 2.45) is 5.10 Å². The summed E-state index contributed by atoms with van der Waals surface area (Å²) in [4.78, 5) is 17.1. The molecule has 27 heavy (non-hydrogen) atoms. The zero-order valence-electron chi connectivity index (χ0n) is 14.2. The van der Waals surface area contributed by atoms with Crippen molar-refractivity contribution >= 4 is 17.8 Å². The van der Waals surface area contributed by atoms with Crippen LogP contribution in [0.2, 0.25) is 0 Å². The van der Waals surface area contributed by atoms with Gasteiger partial charge in [0.2, 0.25) is 5.69 Å². The molecule has 0 radical (unpaired) electrons. The number of nitrogens with one attached hydrogen (secondary N) is 1. The van der Waals surface area contributed by atoms with Crippen molar-refractivity contribution in [3.8, 4) is 11.3 Å². The van der Waals surface area contributed by atoms with Crippen LogP contribution in [0.3, 0.4) is 0 Å². The molecule has 9 heteroatoms. The molecule has 9 nitrogen and oxygen atoms in total. The summed E-state index contributed by atoms with van der Waals surface area (Å²) in [5.41, 5.74) is 5.11. The first-order valence-corrected chi connectivity index (χ1v) is 8.07. The normalized spacial score (nSPS) is 11.3. The van der Waals surface area contributed by atoms with Crippen LogP contribution in [0.4, 0.5) is 0 Å². The monoisotopic (exact) mass is 362 g/mol. The third kappa shape index (κ3) is 3.01. The average molecular weight is 362 g/mol. The molecule has 0 aliphatic heterocycles. The van der Waals surface area contributed by atoms with Gasteiger partial charge in [0.25, 0.3) is 11.6 Å². The Kier molecular flexibility index (Phi) is 4.09. The molecule has 1 N–H and O–H groups in total. The Hall–Kier alpha value is -4.01. The van der Waals surface area contributed by atoms with Crippen molar-refractivity contribution in [1.29, 1.82) is 0 Å². The highest BCUT2D eigenvalue weighted by atomic mass is 16.8. The van der Waals surface area contributed by atoms with Gasteiger partial charge in [-0.1, -0.05) is 36.4 Å². The maximum Gasteiger partial charge on any atom is 0.290 e. The summed E-state index contributed by atoms with van der Waals surface area (Å²) in [5, 5.41) is 19.4. The predicted octanol–water partition coefficient (Wildman–Crippen LogP) is 1.70. The lowest BCUT2D eigenvalue weighted by atomic mass is 10.1. The van der Waals surface area contributed by atoms with Crippen molar-refractivity contribution in [3.05, 3.63) is 77.0 Å². The number of pyridine rings is 1. The van der Waals surface area contributed by atoms with Gasteiger partial charge in [-0.2, -0.15) is 5.10 Å². The summed E-state index contributed by atoms with van der Waals surface area (Å²) in [7, 11) is 0. The molecule has 0 aliphatic carbocycles. The number of hydrogen-bond donors (Lipinski definition) is 1. The molecule has 0 saturated carbocycles. The number of amides is 1. The molecule has 0 atom stereocenters. The summed E-state index contributed by atoms with van der Waals surface area (Å²) >= 11 is 0. The van der Waals surface area contributed by atoms with Crippen LogP contribution in [0.5, 0.6) is 0 Å². The number of hydrazone groups is 1. The van der Waals surface area contributed by atoms with Crippen LogP contribution in [0, 0.1) is 12.1 Å². The van der Waals surface area contributed by atoms with Crippen molar-refractivity contribution in [2.75, 3.05) is 0 Å². The molecule has 0 unspecified atom stereocenters. The Bertz CT molecular complexity index is 1150. The molecular formula is C18H14N6O3. The van der Waals surface area contributed by atoms with Gasteiger partial charge in [0.15, 0.2) is 0 Å². The lowest BCUT2D eigenvalue weighted by molar-refractivity contribution is -0.803. The van der Waals surface area contributed by atoms with E-state index < -0.39 is 5.91 Å². The Morgan fingerprint density at radius 3 is 2.85 bits per heavy atom. The quantitative estimate of drug-likeness (QED) is 0.337. The number of aryl methyl sites for hydroxylation is 1. The molecule has 3 heterocycles. The maximum atomic E-state index is 12.5. The Labute approximate surface area is 153 Å². The van der Waals surface area contributed by atoms with Gasteiger partial charge in [-0.05, 0) is 24.0 Å². The van der Waals surface area contributed by atoms with Crippen LogP contribution in [0.15, 0.2) is 64.5 Å².